The van der Waals surface area contributed by atoms with Crippen LogP contribution in [-0.4, -0.2) is 43.7 Å². The normalized spacial score (nSPS) is 16.9. The monoisotopic (exact) mass is 295 g/mol. The fourth-order valence-electron chi connectivity index (χ4n) is 2.54. The van der Waals surface area contributed by atoms with Crippen LogP contribution in [0.2, 0.25) is 5.02 Å². The van der Waals surface area contributed by atoms with Crippen LogP contribution in [0.5, 0.6) is 0 Å². The maximum atomic E-state index is 6.47. The summed E-state index contributed by atoms with van der Waals surface area (Å²) in [6, 6.07) is 6.94. The van der Waals surface area contributed by atoms with Gasteiger partial charge < -0.3 is 15.1 Å². The highest BCUT2D eigenvalue weighted by atomic mass is 35.5. The lowest BCUT2D eigenvalue weighted by molar-refractivity contribution is 0.271. The first-order chi connectivity index (χ1) is 9.60. The molecule has 0 saturated carbocycles. The number of anilines is 1. The van der Waals surface area contributed by atoms with Gasteiger partial charge in [-0.2, -0.15) is 0 Å². The number of hydrogen-bond donors (Lipinski definition) is 1. The SMILES string of the molecule is CCN1CCN(c2ccc(CNC(C)C)cc2Cl)CC1. The van der Waals surface area contributed by atoms with E-state index in [4.69, 9.17) is 11.6 Å². The van der Waals surface area contributed by atoms with Gasteiger partial charge in [0.15, 0.2) is 0 Å². The Kier molecular flexibility index (Phi) is 5.70. The van der Waals surface area contributed by atoms with E-state index in [1.165, 1.54) is 11.3 Å². The second-order valence-electron chi connectivity index (χ2n) is 5.74. The summed E-state index contributed by atoms with van der Waals surface area (Å²) in [6.45, 7) is 12.9. The van der Waals surface area contributed by atoms with Crippen molar-refractivity contribution < 1.29 is 0 Å². The van der Waals surface area contributed by atoms with Crippen molar-refractivity contribution in [1.82, 2.24) is 10.2 Å². The minimum Gasteiger partial charge on any atom is -0.368 e. The lowest BCUT2D eigenvalue weighted by Crippen LogP contribution is -2.46. The Bertz CT molecular complexity index is 426. The summed E-state index contributed by atoms with van der Waals surface area (Å²) in [4.78, 5) is 4.87. The molecular formula is C16H26ClN3. The number of nitrogens with zero attached hydrogens (tertiary/aromatic N) is 2. The second-order valence-corrected chi connectivity index (χ2v) is 6.15. The molecule has 0 aromatic heterocycles. The van der Waals surface area contributed by atoms with Crippen molar-refractivity contribution in [3.05, 3.63) is 28.8 Å². The second kappa shape index (κ2) is 7.30. The van der Waals surface area contributed by atoms with Gasteiger partial charge in [0.1, 0.15) is 0 Å². The van der Waals surface area contributed by atoms with Crippen molar-refractivity contribution in [2.45, 2.75) is 33.4 Å². The number of benzene rings is 1. The molecule has 0 bridgehead atoms. The fourth-order valence-corrected chi connectivity index (χ4v) is 2.87. The highest BCUT2D eigenvalue weighted by molar-refractivity contribution is 6.33. The highest BCUT2D eigenvalue weighted by Crippen LogP contribution is 2.27. The first-order valence-corrected chi connectivity index (χ1v) is 7.97. The lowest BCUT2D eigenvalue weighted by atomic mass is 10.1. The zero-order chi connectivity index (χ0) is 14.5. The number of hydrogen-bond acceptors (Lipinski definition) is 3. The molecule has 3 nitrogen and oxygen atoms in total. The smallest absolute Gasteiger partial charge is 0.0642 e. The summed E-state index contributed by atoms with van der Waals surface area (Å²) in [7, 11) is 0. The molecule has 1 aliphatic heterocycles. The molecule has 0 spiro atoms. The lowest BCUT2D eigenvalue weighted by Gasteiger charge is -2.36. The molecule has 112 valence electrons. The molecule has 0 unspecified atom stereocenters. The van der Waals surface area contributed by atoms with Gasteiger partial charge in [-0.25, -0.2) is 0 Å². The van der Waals surface area contributed by atoms with E-state index in [0.29, 0.717) is 6.04 Å². The Morgan fingerprint density at radius 1 is 1.20 bits per heavy atom. The van der Waals surface area contributed by atoms with Gasteiger partial charge in [0.05, 0.1) is 10.7 Å². The molecule has 1 N–H and O–H groups in total. The minimum atomic E-state index is 0.496. The summed E-state index contributed by atoms with van der Waals surface area (Å²) in [5, 5.41) is 4.30. The first kappa shape index (κ1) is 15.6. The van der Waals surface area contributed by atoms with Crippen molar-refractivity contribution >= 4 is 17.3 Å². The van der Waals surface area contributed by atoms with Gasteiger partial charge in [0, 0.05) is 38.8 Å². The van der Waals surface area contributed by atoms with Crippen molar-refractivity contribution in [2.24, 2.45) is 0 Å². The molecule has 20 heavy (non-hydrogen) atoms. The van der Waals surface area contributed by atoms with E-state index >= 15 is 0 Å². The largest absolute Gasteiger partial charge is 0.368 e. The van der Waals surface area contributed by atoms with E-state index in [1.54, 1.807) is 0 Å². The van der Waals surface area contributed by atoms with Crippen molar-refractivity contribution in [3.63, 3.8) is 0 Å². The van der Waals surface area contributed by atoms with Gasteiger partial charge in [0.25, 0.3) is 0 Å². The first-order valence-electron chi connectivity index (χ1n) is 7.59. The maximum Gasteiger partial charge on any atom is 0.0642 e. The quantitative estimate of drug-likeness (QED) is 0.901. The molecule has 4 heteroatoms. The third-order valence-electron chi connectivity index (χ3n) is 3.89. The standard InChI is InChI=1S/C16H26ClN3/c1-4-19-7-9-20(10-8-19)16-6-5-14(11-15(16)17)12-18-13(2)3/h5-6,11,13,18H,4,7-10,12H2,1-3H3. The molecule has 1 aromatic carbocycles. The molecule has 0 amide bonds. The van der Waals surface area contributed by atoms with Gasteiger partial charge in [-0.1, -0.05) is 38.4 Å². The molecule has 0 atom stereocenters. The molecular weight excluding hydrogens is 270 g/mol. The number of likely N-dealkylation sites (N-methyl/N-ethyl adjacent to an activating group) is 1. The number of rotatable bonds is 5. The van der Waals surface area contributed by atoms with E-state index < -0.39 is 0 Å². The zero-order valence-corrected chi connectivity index (χ0v) is 13.6. The van der Waals surface area contributed by atoms with Crippen LogP contribution in [0.15, 0.2) is 18.2 Å². The molecule has 1 aromatic rings. The minimum absolute atomic E-state index is 0.496. The Labute approximate surface area is 127 Å². The maximum absolute atomic E-state index is 6.47. The van der Waals surface area contributed by atoms with E-state index in [9.17, 15) is 0 Å². The van der Waals surface area contributed by atoms with E-state index in [2.05, 4.69) is 54.1 Å². The molecule has 0 radical (unpaired) electrons. The van der Waals surface area contributed by atoms with Crippen LogP contribution in [0.1, 0.15) is 26.3 Å². The van der Waals surface area contributed by atoms with Gasteiger partial charge in [-0.3, -0.25) is 0 Å². The van der Waals surface area contributed by atoms with Gasteiger partial charge >= 0.3 is 0 Å². The molecule has 1 aliphatic rings. The molecule has 1 heterocycles. The van der Waals surface area contributed by atoms with Gasteiger partial charge in [0.2, 0.25) is 0 Å². The molecule has 0 aliphatic carbocycles. The zero-order valence-electron chi connectivity index (χ0n) is 12.8. The Hall–Kier alpha value is -0.770. The predicted molar refractivity (Wildman–Crippen MR) is 87.8 cm³/mol. The number of halogens is 1. The van der Waals surface area contributed by atoms with Crippen LogP contribution in [-0.2, 0) is 6.54 Å². The Morgan fingerprint density at radius 2 is 1.90 bits per heavy atom. The van der Waals surface area contributed by atoms with Crippen molar-refractivity contribution in [1.29, 1.82) is 0 Å². The number of piperazine rings is 1. The van der Waals surface area contributed by atoms with E-state index in [1.807, 2.05) is 0 Å². The van der Waals surface area contributed by atoms with Gasteiger partial charge in [-0.05, 0) is 24.2 Å². The molecule has 1 fully saturated rings. The van der Waals surface area contributed by atoms with Crippen LogP contribution < -0.4 is 10.2 Å². The average Bonchev–Trinajstić information content (AvgIpc) is 2.45. The van der Waals surface area contributed by atoms with E-state index in [0.717, 1.165) is 44.3 Å². The summed E-state index contributed by atoms with van der Waals surface area (Å²) in [6.07, 6.45) is 0. The predicted octanol–water partition coefficient (Wildman–Crippen LogP) is 2.98. The Balaban J connectivity index is 1.99. The van der Waals surface area contributed by atoms with Gasteiger partial charge in [-0.15, -0.1) is 0 Å². The fraction of sp³-hybridized carbons (Fsp3) is 0.625. The van der Waals surface area contributed by atoms with Crippen LogP contribution >= 0.6 is 11.6 Å². The van der Waals surface area contributed by atoms with E-state index in [-0.39, 0.29) is 0 Å². The number of nitrogens with one attached hydrogen (secondary N) is 1. The highest BCUT2D eigenvalue weighted by Gasteiger charge is 2.17. The summed E-state index contributed by atoms with van der Waals surface area (Å²) >= 11 is 6.47. The molecule has 2 rings (SSSR count). The van der Waals surface area contributed by atoms with Crippen molar-refractivity contribution in [3.8, 4) is 0 Å². The van der Waals surface area contributed by atoms with Crippen LogP contribution in [0, 0.1) is 0 Å². The van der Waals surface area contributed by atoms with Crippen LogP contribution in [0.4, 0.5) is 5.69 Å². The average molecular weight is 296 g/mol. The summed E-state index contributed by atoms with van der Waals surface area (Å²) in [5.41, 5.74) is 2.43. The molecule has 1 saturated heterocycles. The summed E-state index contributed by atoms with van der Waals surface area (Å²) in [5.74, 6) is 0. The van der Waals surface area contributed by atoms with Crippen LogP contribution in [0.25, 0.3) is 0 Å². The summed E-state index contributed by atoms with van der Waals surface area (Å²) < 4.78 is 0. The van der Waals surface area contributed by atoms with Crippen LogP contribution in [0.3, 0.4) is 0 Å². The van der Waals surface area contributed by atoms with Crippen molar-refractivity contribution in [2.75, 3.05) is 37.6 Å². The Morgan fingerprint density at radius 3 is 2.45 bits per heavy atom. The third-order valence-corrected chi connectivity index (χ3v) is 4.19. The third kappa shape index (κ3) is 4.11. The topological polar surface area (TPSA) is 18.5 Å².